The minimum atomic E-state index is 0.671. The summed E-state index contributed by atoms with van der Waals surface area (Å²) in [5.41, 5.74) is 4.16. The van der Waals surface area contributed by atoms with Gasteiger partial charge in [-0.3, -0.25) is 0 Å². The number of pyridine rings is 1. The molecule has 4 nitrogen and oxygen atoms in total. The first-order valence-electron chi connectivity index (χ1n) is 7.85. The molecular formula is C20H18N3O+. The lowest BCUT2D eigenvalue weighted by molar-refractivity contribution is -0.672. The third-order valence-corrected chi connectivity index (χ3v) is 4.96. The highest BCUT2D eigenvalue weighted by Gasteiger charge is 2.20. The van der Waals surface area contributed by atoms with E-state index in [-0.39, 0.29) is 0 Å². The molecular weight excluding hydrogens is 298 g/mol. The standard InChI is InChI=1S/C20H18N3O/c1-12-13-8-9-22(2)17(11-21)14(13)10-15-19-16(23(3)20(12)15)6-5-7-18(19)24-4/h5-10H,1-4H3/q+1. The molecule has 0 bridgehead atoms. The molecule has 0 saturated heterocycles. The molecule has 2 aromatic heterocycles. The molecule has 0 amide bonds. The Hall–Kier alpha value is -3.06. The lowest BCUT2D eigenvalue weighted by atomic mass is 10.00. The zero-order chi connectivity index (χ0) is 17.0. The zero-order valence-corrected chi connectivity index (χ0v) is 14.2. The lowest BCUT2D eigenvalue weighted by Crippen LogP contribution is -2.31. The minimum absolute atomic E-state index is 0.671. The molecule has 0 aliphatic rings. The minimum Gasteiger partial charge on any atom is -0.496 e. The quantitative estimate of drug-likeness (QED) is 0.504. The van der Waals surface area contributed by atoms with Crippen molar-refractivity contribution in [2.24, 2.45) is 14.1 Å². The average molecular weight is 316 g/mol. The van der Waals surface area contributed by atoms with E-state index in [1.807, 2.05) is 29.9 Å². The number of aryl methyl sites for hydroxylation is 3. The van der Waals surface area contributed by atoms with E-state index >= 15 is 0 Å². The van der Waals surface area contributed by atoms with Gasteiger partial charge in [0.25, 0.3) is 5.69 Å². The first-order chi connectivity index (χ1) is 11.6. The van der Waals surface area contributed by atoms with E-state index in [4.69, 9.17) is 4.74 Å². The molecule has 4 heteroatoms. The maximum absolute atomic E-state index is 9.60. The van der Waals surface area contributed by atoms with Crippen molar-refractivity contribution in [3.8, 4) is 11.8 Å². The third kappa shape index (κ3) is 1.70. The third-order valence-electron chi connectivity index (χ3n) is 4.96. The Kier molecular flexibility index (Phi) is 3.01. The van der Waals surface area contributed by atoms with Crippen molar-refractivity contribution in [3.05, 3.63) is 47.8 Å². The molecule has 24 heavy (non-hydrogen) atoms. The van der Waals surface area contributed by atoms with Crippen LogP contribution in [0.3, 0.4) is 0 Å². The second kappa shape index (κ2) is 4.97. The van der Waals surface area contributed by atoms with Gasteiger partial charge >= 0.3 is 0 Å². The smallest absolute Gasteiger partial charge is 0.291 e. The van der Waals surface area contributed by atoms with Gasteiger partial charge in [-0.25, -0.2) is 0 Å². The molecule has 0 unspecified atom stereocenters. The normalized spacial score (nSPS) is 11.3. The first kappa shape index (κ1) is 14.5. The van der Waals surface area contributed by atoms with Gasteiger partial charge in [-0.1, -0.05) is 6.07 Å². The van der Waals surface area contributed by atoms with Gasteiger partial charge in [-0.15, -0.1) is 0 Å². The molecule has 0 aliphatic carbocycles. The van der Waals surface area contributed by atoms with E-state index < -0.39 is 0 Å². The zero-order valence-electron chi connectivity index (χ0n) is 14.2. The number of fused-ring (bicyclic) bond motifs is 4. The molecule has 2 aromatic carbocycles. The van der Waals surface area contributed by atoms with E-state index in [2.05, 4.69) is 42.8 Å². The van der Waals surface area contributed by atoms with E-state index in [1.54, 1.807) is 7.11 Å². The van der Waals surface area contributed by atoms with Crippen molar-refractivity contribution in [1.82, 2.24) is 4.57 Å². The number of methoxy groups -OCH3 is 1. The predicted molar refractivity (Wildman–Crippen MR) is 95.1 cm³/mol. The number of rotatable bonds is 1. The van der Waals surface area contributed by atoms with Gasteiger partial charge in [0.05, 0.1) is 23.5 Å². The van der Waals surface area contributed by atoms with Crippen LogP contribution in [0, 0.1) is 18.3 Å². The van der Waals surface area contributed by atoms with Crippen LogP contribution in [-0.4, -0.2) is 11.7 Å². The monoisotopic (exact) mass is 316 g/mol. The molecule has 4 rings (SSSR count). The fraction of sp³-hybridized carbons (Fsp3) is 0.200. The number of benzene rings is 2. The number of aromatic nitrogens is 2. The summed E-state index contributed by atoms with van der Waals surface area (Å²) in [7, 11) is 5.68. The fourth-order valence-corrected chi connectivity index (χ4v) is 3.81. The van der Waals surface area contributed by atoms with Crippen molar-refractivity contribution in [1.29, 1.82) is 5.26 Å². The van der Waals surface area contributed by atoms with Crippen LogP contribution in [0.15, 0.2) is 36.5 Å². The summed E-state index contributed by atoms with van der Waals surface area (Å²) in [5.74, 6) is 0.857. The largest absolute Gasteiger partial charge is 0.496 e. The van der Waals surface area contributed by atoms with E-state index in [0.717, 1.165) is 32.8 Å². The first-order valence-corrected chi connectivity index (χ1v) is 7.85. The second-order valence-corrected chi connectivity index (χ2v) is 6.16. The molecule has 0 spiro atoms. The highest BCUT2D eigenvalue weighted by molar-refractivity contribution is 6.16. The van der Waals surface area contributed by atoms with Crippen molar-refractivity contribution in [3.63, 3.8) is 0 Å². The van der Waals surface area contributed by atoms with Gasteiger partial charge in [-0.05, 0) is 30.7 Å². The summed E-state index contributed by atoms with van der Waals surface area (Å²) >= 11 is 0. The Morgan fingerprint density at radius 3 is 2.67 bits per heavy atom. The van der Waals surface area contributed by atoms with Crippen LogP contribution < -0.4 is 9.30 Å². The Labute approximate surface area is 140 Å². The fourth-order valence-electron chi connectivity index (χ4n) is 3.81. The van der Waals surface area contributed by atoms with Crippen LogP contribution in [-0.2, 0) is 14.1 Å². The molecule has 0 radical (unpaired) electrons. The Morgan fingerprint density at radius 1 is 1.17 bits per heavy atom. The van der Waals surface area contributed by atoms with Crippen molar-refractivity contribution < 1.29 is 9.30 Å². The van der Waals surface area contributed by atoms with Crippen LogP contribution in [0.2, 0.25) is 0 Å². The number of nitriles is 1. The van der Waals surface area contributed by atoms with Crippen LogP contribution >= 0.6 is 0 Å². The molecule has 0 fully saturated rings. The van der Waals surface area contributed by atoms with E-state index in [1.165, 1.54) is 11.1 Å². The van der Waals surface area contributed by atoms with Crippen LogP contribution in [0.4, 0.5) is 0 Å². The summed E-state index contributed by atoms with van der Waals surface area (Å²) in [6, 6.07) is 12.6. The molecule has 0 saturated carbocycles. The number of nitrogens with zero attached hydrogens (tertiary/aromatic N) is 3. The van der Waals surface area contributed by atoms with Crippen LogP contribution in [0.1, 0.15) is 11.3 Å². The average Bonchev–Trinajstić information content (AvgIpc) is 2.88. The number of hydrogen-bond donors (Lipinski definition) is 0. The summed E-state index contributed by atoms with van der Waals surface area (Å²) in [6.07, 6.45) is 1.95. The van der Waals surface area contributed by atoms with E-state index in [9.17, 15) is 5.26 Å². The van der Waals surface area contributed by atoms with Gasteiger partial charge in [0.15, 0.2) is 12.3 Å². The van der Waals surface area contributed by atoms with Gasteiger partial charge in [-0.2, -0.15) is 9.83 Å². The topological polar surface area (TPSA) is 41.8 Å². The highest BCUT2D eigenvalue weighted by atomic mass is 16.5. The maximum Gasteiger partial charge on any atom is 0.291 e. The maximum atomic E-state index is 9.60. The number of hydrogen-bond acceptors (Lipinski definition) is 2. The summed E-state index contributed by atoms with van der Waals surface area (Å²) < 4.78 is 9.68. The van der Waals surface area contributed by atoms with Crippen molar-refractivity contribution in [2.75, 3.05) is 7.11 Å². The SMILES string of the molecule is COc1cccc2c1c1cc3c(C#N)[n+](C)ccc3c(C)c1n2C. The van der Waals surface area contributed by atoms with Gasteiger partial charge in [0.2, 0.25) is 0 Å². The molecule has 0 N–H and O–H groups in total. The number of ether oxygens (including phenoxy) is 1. The van der Waals surface area contributed by atoms with Crippen LogP contribution in [0.25, 0.3) is 32.6 Å². The predicted octanol–water partition coefficient (Wildman–Crippen LogP) is 3.50. The van der Waals surface area contributed by atoms with Crippen molar-refractivity contribution in [2.45, 2.75) is 6.92 Å². The van der Waals surface area contributed by atoms with E-state index in [0.29, 0.717) is 5.69 Å². The molecule has 0 atom stereocenters. The lowest BCUT2D eigenvalue weighted by Gasteiger charge is -2.07. The van der Waals surface area contributed by atoms with Crippen LogP contribution in [0.5, 0.6) is 5.75 Å². The molecule has 0 aliphatic heterocycles. The highest BCUT2D eigenvalue weighted by Crippen LogP contribution is 2.39. The molecule has 2 heterocycles. The van der Waals surface area contributed by atoms with Crippen molar-refractivity contribution >= 4 is 32.6 Å². The summed E-state index contributed by atoms with van der Waals surface area (Å²) in [4.78, 5) is 0. The van der Waals surface area contributed by atoms with Gasteiger partial charge in [0.1, 0.15) is 12.8 Å². The molecule has 4 aromatic rings. The Balaban J connectivity index is 2.35. The molecule has 118 valence electrons. The second-order valence-electron chi connectivity index (χ2n) is 6.16. The Bertz CT molecular complexity index is 1180. The van der Waals surface area contributed by atoms with Gasteiger partial charge < -0.3 is 9.30 Å². The Morgan fingerprint density at radius 2 is 1.96 bits per heavy atom. The van der Waals surface area contributed by atoms with Gasteiger partial charge in [0, 0.05) is 29.3 Å². The summed E-state index contributed by atoms with van der Waals surface area (Å²) in [5, 5.41) is 13.9. The summed E-state index contributed by atoms with van der Waals surface area (Å²) in [6.45, 7) is 2.12.